The van der Waals surface area contributed by atoms with Crippen molar-refractivity contribution in [3.8, 4) is 23.0 Å². The van der Waals surface area contributed by atoms with Crippen molar-refractivity contribution < 1.29 is 38.1 Å². The predicted octanol–water partition coefficient (Wildman–Crippen LogP) is 0.608. The molecule has 0 saturated heterocycles. The van der Waals surface area contributed by atoms with Gasteiger partial charge in [-0.2, -0.15) is 0 Å². The number of hydrogen-bond donors (Lipinski definition) is 0. The highest BCUT2D eigenvalue weighted by molar-refractivity contribution is 5.74. The molecule has 8 heteroatoms. The molecule has 0 unspecified atom stereocenters. The molecule has 0 radical (unpaired) electrons. The van der Waals surface area contributed by atoms with Gasteiger partial charge in [0.25, 0.3) is 19.4 Å². The molecule has 0 fully saturated rings. The third-order valence-electron chi connectivity index (χ3n) is 2.05. The van der Waals surface area contributed by atoms with Crippen LogP contribution in [0.1, 0.15) is 13.3 Å². The van der Waals surface area contributed by atoms with Crippen molar-refractivity contribution in [2.45, 2.75) is 13.3 Å². The molecule has 1 rings (SSSR count). The fourth-order valence-electron chi connectivity index (χ4n) is 1.23. The minimum absolute atomic E-state index is 0.0803. The molecule has 20 heavy (non-hydrogen) atoms. The Bertz CT molecular complexity index is 522. The van der Waals surface area contributed by atoms with Gasteiger partial charge in [0.15, 0.2) is 23.0 Å². The van der Waals surface area contributed by atoms with Gasteiger partial charge in [0.1, 0.15) is 0 Å². The van der Waals surface area contributed by atoms with Crippen molar-refractivity contribution in [3.63, 3.8) is 0 Å². The maximum atomic E-state index is 11.3. The van der Waals surface area contributed by atoms with Gasteiger partial charge in [0, 0.05) is 18.6 Å². The van der Waals surface area contributed by atoms with Gasteiger partial charge in [-0.3, -0.25) is 19.2 Å². The largest absolute Gasteiger partial charge is 0.425 e. The smallest absolute Gasteiger partial charge is 0.311 e. The quantitative estimate of drug-likeness (QED) is 0.388. The van der Waals surface area contributed by atoms with Crippen molar-refractivity contribution >= 4 is 25.4 Å². The third-order valence-corrected chi connectivity index (χ3v) is 2.05. The lowest BCUT2D eigenvalue weighted by Gasteiger charge is -2.11. The van der Waals surface area contributed by atoms with Crippen LogP contribution < -0.4 is 18.9 Å². The number of carbonyl (C=O) groups is 4. The summed E-state index contributed by atoms with van der Waals surface area (Å²) >= 11 is 0. The molecule has 0 atom stereocenters. The Morgan fingerprint density at radius 2 is 1.30 bits per heavy atom. The lowest BCUT2D eigenvalue weighted by Crippen LogP contribution is -2.08. The molecule has 0 aliphatic carbocycles. The second-order valence-electron chi connectivity index (χ2n) is 3.22. The summed E-state index contributed by atoms with van der Waals surface area (Å²) in [7, 11) is 0. The van der Waals surface area contributed by atoms with Crippen LogP contribution in [0.2, 0.25) is 0 Å². The van der Waals surface area contributed by atoms with Crippen molar-refractivity contribution in [2.75, 3.05) is 0 Å². The molecule has 0 heterocycles. The molecule has 0 saturated carbocycles. The van der Waals surface area contributed by atoms with E-state index in [0.717, 1.165) is 12.1 Å². The first-order valence-electron chi connectivity index (χ1n) is 5.35. The van der Waals surface area contributed by atoms with Crippen LogP contribution in [0.5, 0.6) is 23.0 Å². The predicted molar refractivity (Wildman–Crippen MR) is 62.4 cm³/mol. The maximum absolute atomic E-state index is 11.3. The van der Waals surface area contributed by atoms with Crippen molar-refractivity contribution in [1.29, 1.82) is 0 Å². The molecule has 0 spiro atoms. The van der Waals surface area contributed by atoms with E-state index in [-0.39, 0.29) is 48.8 Å². The SMILES string of the molecule is CCC(=O)Oc1cc(OC=O)c(OC=O)cc1OC=O. The summed E-state index contributed by atoms with van der Waals surface area (Å²) in [6.07, 6.45) is 0.0803. The molecule has 8 nitrogen and oxygen atoms in total. The minimum Gasteiger partial charge on any atom is -0.425 e. The summed E-state index contributed by atoms with van der Waals surface area (Å²) in [6, 6.07) is 2.15. The summed E-state index contributed by atoms with van der Waals surface area (Å²) in [5.74, 6) is -1.28. The maximum Gasteiger partial charge on any atom is 0.311 e. The molecule has 0 aliphatic heterocycles. The first-order chi connectivity index (χ1) is 9.65. The first kappa shape index (κ1) is 15.2. The normalized spacial score (nSPS) is 9.25. The highest BCUT2D eigenvalue weighted by atomic mass is 16.6. The molecule has 0 bridgehead atoms. The van der Waals surface area contributed by atoms with Crippen molar-refractivity contribution in [3.05, 3.63) is 12.1 Å². The van der Waals surface area contributed by atoms with E-state index in [1.54, 1.807) is 6.92 Å². The summed E-state index contributed by atoms with van der Waals surface area (Å²) in [6.45, 7) is 1.85. The summed E-state index contributed by atoms with van der Waals surface area (Å²) < 4.78 is 18.7. The van der Waals surface area contributed by atoms with Gasteiger partial charge in [-0.1, -0.05) is 6.92 Å². The Hall–Kier alpha value is -2.90. The lowest BCUT2D eigenvalue weighted by atomic mass is 10.2. The van der Waals surface area contributed by atoms with Gasteiger partial charge >= 0.3 is 5.97 Å². The molecule has 1 aromatic rings. The van der Waals surface area contributed by atoms with E-state index in [9.17, 15) is 19.2 Å². The van der Waals surface area contributed by atoms with Gasteiger partial charge in [0.2, 0.25) is 0 Å². The standard InChI is InChI=1S/C12H10O8/c1-2-12(16)20-11-4-9(18-6-14)8(17-5-13)3-10(11)19-7-15/h3-7H,2H2,1H3. The first-order valence-corrected chi connectivity index (χ1v) is 5.35. The zero-order valence-corrected chi connectivity index (χ0v) is 10.4. The Morgan fingerprint density at radius 1 is 0.900 bits per heavy atom. The van der Waals surface area contributed by atoms with Crippen LogP contribution in [0.4, 0.5) is 0 Å². The summed E-state index contributed by atoms with van der Waals surface area (Å²) in [5.41, 5.74) is 0. The van der Waals surface area contributed by atoms with Gasteiger partial charge in [0.05, 0.1) is 0 Å². The van der Waals surface area contributed by atoms with Crippen LogP contribution in [-0.2, 0) is 19.2 Å². The number of carbonyl (C=O) groups excluding carboxylic acids is 4. The van der Waals surface area contributed by atoms with Crippen LogP contribution in [-0.4, -0.2) is 25.4 Å². The Kier molecular flexibility index (Phi) is 5.70. The van der Waals surface area contributed by atoms with E-state index < -0.39 is 5.97 Å². The molecule has 0 aromatic heterocycles. The van der Waals surface area contributed by atoms with Crippen LogP contribution in [0.15, 0.2) is 12.1 Å². The monoisotopic (exact) mass is 282 g/mol. The van der Waals surface area contributed by atoms with Gasteiger partial charge in [-0.05, 0) is 0 Å². The minimum atomic E-state index is -0.596. The molecule has 0 amide bonds. The Balaban J connectivity index is 3.26. The van der Waals surface area contributed by atoms with Gasteiger partial charge in [-0.25, -0.2) is 0 Å². The number of rotatable bonds is 8. The zero-order chi connectivity index (χ0) is 15.0. The number of benzene rings is 1. The topological polar surface area (TPSA) is 105 Å². The van der Waals surface area contributed by atoms with E-state index in [2.05, 4.69) is 14.2 Å². The molecular formula is C12H10O8. The number of ether oxygens (including phenoxy) is 4. The average molecular weight is 282 g/mol. The zero-order valence-electron chi connectivity index (χ0n) is 10.4. The summed E-state index contributed by atoms with van der Waals surface area (Å²) in [5, 5.41) is 0. The van der Waals surface area contributed by atoms with Crippen LogP contribution >= 0.6 is 0 Å². The third kappa shape index (κ3) is 3.80. The van der Waals surface area contributed by atoms with Crippen LogP contribution in [0.25, 0.3) is 0 Å². The Labute approximate surface area is 113 Å². The second kappa shape index (κ2) is 7.52. The molecular weight excluding hydrogens is 272 g/mol. The fourth-order valence-corrected chi connectivity index (χ4v) is 1.23. The highest BCUT2D eigenvalue weighted by Gasteiger charge is 2.17. The van der Waals surface area contributed by atoms with E-state index in [1.165, 1.54) is 0 Å². The molecule has 0 N–H and O–H groups in total. The second-order valence-corrected chi connectivity index (χ2v) is 3.22. The van der Waals surface area contributed by atoms with Crippen molar-refractivity contribution in [1.82, 2.24) is 0 Å². The molecule has 106 valence electrons. The van der Waals surface area contributed by atoms with E-state index in [4.69, 9.17) is 4.74 Å². The Morgan fingerprint density at radius 3 is 1.70 bits per heavy atom. The van der Waals surface area contributed by atoms with E-state index >= 15 is 0 Å². The van der Waals surface area contributed by atoms with E-state index in [1.807, 2.05) is 0 Å². The van der Waals surface area contributed by atoms with Gasteiger partial charge in [-0.15, -0.1) is 0 Å². The number of hydrogen-bond acceptors (Lipinski definition) is 8. The van der Waals surface area contributed by atoms with Crippen LogP contribution in [0.3, 0.4) is 0 Å². The highest BCUT2D eigenvalue weighted by Crippen LogP contribution is 2.39. The molecule has 0 aliphatic rings. The number of esters is 1. The van der Waals surface area contributed by atoms with Crippen molar-refractivity contribution in [2.24, 2.45) is 0 Å². The average Bonchev–Trinajstić information content (AvgIpc) is 2.43. The summed E-state index contributed by atoms with van der Waals surface area (Å²) in [4.78, 5) is 42.4. The van der Waals surface area contributed by atoms with Crippen LogP contribution in [0, 0.1) is 0 Å². The van der Waals surface area contributed by atoms with E-state index in [0.29, 0.717) is 0 Å². The molecule has 1 aromatic carbocycles. The van der Waals surface area contributed by atoms with Gasteiger partial charge < -0.3 is 18.9 Å². The fraction of sp³-hybridized carbons (Fsp3) is 0.167. The lowest BCUT2D eigenvalue weighted by molar-refractivity contribution is -0.134.